The highest BCUT2D eigenvalue weighted by Gasteiger charge is 2.18. The van der Waals surface area contributed by atoms with Crippen LogP contribution in [0.4, 0.5) is 0 Å². The number of rotatable bonds is 7. The van der Waals surface area contributed by atoms with Crippen molar-refractivity contribution >= 4 is 11.9 Å². The first-order valence-electron chi connectivity index (χ1n) is 6.37. The topological polar surface area (TPSA) is 68.7 Å². The minimum atomic E-state index is -0.350. The summed E-state index contributed by atoms with van der Waals surface area (Å²) in [5.74, 6) is -0.563. The normalized spacial score (nSPS) is 10.2. The van der Waals surface area contributed by atoms with Crippen molar-refractivity contribution in [3.05, 3.63) is 29.6 Å². The van der Waals surface area contributed by atoms with Gasteiger partial charge in [0.2, 0.25) is 0 Å². The van der Waals surface area contributed by atoms with Crippen LogP contribution in [0.15, 0.2) is 18.2 Å². The van der Waals surface area contributed by atoms with Crippen molar-refractivity contribution < 1.29 is 19.1 Å². The molecule has 6 heteroatoms. The molecule has 0 radical (unpaired) electrons. The lowest BCUT2D eigenvalue weighted by Gasteiger charge is -2.21. The van der Waals surface area contributed by atoms with Gasteiger partial charge in [-0.1, -0.05) is 6.07 Å². The van der Waals surface area contributed by atoms with E-state index < -0.39 is 0 Å². The van der Waals surface area contributed by atoms with Crippen LogP contribution in [0.5, 0.6) is 0 Å². The Bertz CT molecular complexity index is 462. The molecule has 6 nitrogen and oxygen atoms in total. The average molecular weight is 280 g/mol. The lowest BCUT2D eigenvalue weighted by Crippen LogP contribution is -2.36. The summed E-state index contributed by atoms with van der Waals surface area (Å²) in [6, 6.07) is 5.27. The summed E-state index contributed by atoms with van der Waals surface area (Å²) in [4.78, 5) is 29.3. The molecule has 0 N–H and O–H groups in total. The number of carbonyl (C=O) groups excluding carboxylic acids is 2. The Balaban J connectivity index is 2.75. The van der Waals surface area contributed by atoms with E-state index in [0.717, 1.165) is 5.69 Å². The van der Waals surface area contributed by atoms with Crippen LogP contribution in [-0.4, -0.2) is 55.7 Å². The van der Waals surface area contributed by atoms with Crippen LogP contribution < -0.4 is 0 Å². The summed E-state index contributed by atoms with van der Waals surface area (Å²) >= 11 is 0. The maximum Gasteiger partial charge on any atom is 0.307 e. The molecule has 0 saturated carbocycles. The van der Waals surface area contributed by atoms with E-state index in [1.165, 1.54) is 7.11 Å². The van der Waals surface area contributed by atoms with Gasteiger partial charge in [-0.25, -0.2) is 4.98 Å². The Morgan fingerprint density at radius 1 is 1.25 bits per heavy atom. The molecule has 0 spiro atoms. The van der Waals surface area contributed by atoms with Gasteiger partial charge in [0.05, 0.1) is 20.1 Å². The highest BCUT2D eigenvalue weighted by Crippen LogP contribution is 2.05. The fourth-order valence-corrected chi connectivity index (χ4v) is 1.67. The Morgan fingerprint density at radius 3 is 2.60 bits per heavy atom. The molecule has 0 aliphatic heterocycles. The molecule has 1 heterocycles. The molecule has 110 valence electrons. The van der Waals surface area contributed by atoms with Crippen molar-refractivity contribution in [2.45, 2.75) is 13.3 Å². The molecule has 0 unspecified atom stereocenters. The summed E-state index contributed by atoms with van der Waals surface area (Å²) in [6.45, 7) is 2.91. The molecule has 1 rings (SSSR count). The number of methoxy groups -OCH3 is 2. The standard InChI is InChI=1S/C14H20N2O4/c1-11-5-4-6-12(15-11)14(18)16(9-10-19-2)8-7-13(17)20-3/h4-6H,7-10H2,1-3H3. The summed E-state index contributed by atoms with van der Waals surface area (Å²) in [6.07, 6.45) is 0.151. The van der Waals surface area contributed by atoms with Crippen molar-refractivity contribution in [2.24, 2.45) is 0 Å². The zero-order valence-electron chi connectivity index (χ0n) is 12.1. The van der Waals surface area contributed by atoms with Crippen molar-refractivity contribution in [3.8, 4) is 0 Å². The number of nitrogens with zero attached hydrogens (tertiary/aromatic N) is 2. The van der Waals surface area contributed by atoms with Gasteiger partial charge in [0.1, 0.15) is 5.69 Å². The van der Waals surface area contributed by atoms with E-state index in [-0.39, 0.29) is 24.8 Å². The maximum atomic E-state index is 12.4. The number of pyridine rings is 1. The lowest BCUT2D eigenvalue weighted by atomic mass is 10.2. The second-order valence-corrected chi connectivity index (χ2v) is 4.28. The van der Waals surface area contributed by atoms with Gasteiger partial charge in [-0.3, -0.25) is 9.59 Å². The number of ether oxygens (including phenoxy) is 2. The first-order valence-corrected chi connectivity index (χ1v) is 6.37. The number of carbonyl (C=O) groups is 2. The SMILES string of the molecule is COCCN(CCC(=O)OC)C(=O)c1cccc(C)n1. The first-order chi connectivity index (χ1) is 9.58. The second kappa shape index (κ2) is 8.27. The lowest BCUT2D eigenvalue weighted by molar-refractivity contribution is -0.140. The number of hydrogen-bond acceptors (Lipinski definition) is 5. The van der Waals surface area contributed by atoms with E-state index in [1.807, 2.05) is 13.0 Å². The third kappa shape index (κ3) is 4.97. The van der Waals surface area contributed by atoms with Crippen molar-refractivity contribution in [1.29, 1.82) is 0 Å². The van der Waals surface area contributed by atoms with Gasteiger partial charge < -0.3 is 14.4 Å². The molecule has 1 aromatic heterocycles. The van der Waals surface area contributed by atoms with Gasteiger partial charge in [0, 0.05) is 25.9 Å². The van der Waals surface area contributed by atoms with Crippen molar-refractivity contribution in [1.82, 2.24) is 9.88 Å². The molecular weight excluding hydrogens is 260 g/mol. The van der Waals surface area contributed by atoms with Crippen molar-refractivity contribution in [3.63, 3.8) is 0 Å². The van der Waals surface area contributed by atoms with E-state index in [4.69, 9.17) is 4.74 Å². The minimum Gasteiger partial charge on any atom is -0.469 e. The Labute approximate surface area is 118 Å². The van der Waals surface area contributed by atoms with Gasteiger partial charge in [-0.05, 0) is 19.1 Å². The molecule has 0 aliphatic rings. The molecule has 0 atom stereocenters. The van der Waals surface area contributed by atoms with E-state index >= 15 is 0 Å². The third-order valence-electron chi connectivity index (χ3n) is 2.77. The molecule has 0 saturated heterocycles. The predicted octanol–water partition coefficient (Wildman–Crippen LogP) is 1.04. The largest absolute Gasteiger partial charge is 0.469 e. The van der Waals surface area contributed by atoms with Crippen LogP contribution in [0.2, 0.25) is 0 Å². The van der Waals surface area contributed by atoms with E-state index in [9.17, 15) is 9.59 Å². The number of amides is 1. The van der Waals surface area contributed by atoms with Crippen LogP contribution in [0.25, 0.3) is 0 Å². The molecule has 0 aromatic carbocycles. The highest BCUT2D eigenvalue weighted by atomic mass is 16.5. The minimum absolute atomic E-state index is 0.151. The molecule has 0 fully saturated rings. The third-order valence-corrected chi connectivity index (χ3v) is 2.77. The zero-order chi connectivity index (χ0) is 15.0. The highest BCUT2D eigenvalue weighted by molar-refractivity contribution is 5.92. The van der Waals surface area contributed by atoms with Crippen LogP contribution in [0.3, 0.4) is 0 Å². The predicted molar refractivity (Wildman–Crippen MR) is 73.4 cm³/mol. The summed E-state index contributed by atoms with van der Waals surface area (Å²) in [5.41, 5.74) is 1.14. The molecule has 1 amide bonds. The summed E-state index contributed by atoms with van der Waals surface area (Å²) in [5, 5.41) is 0. The number of aryl methyl sites for hydroxylation is 1. The quantitative estimate of drug-likeness (QED) is 0.698. The molecule has 0 aliphatic carbocycles. The summed E-state index contributed by atoms with van der Waals surface area (Å²) in [7, 11) is 2.89. The van der Waals surface area contributed by atoms with Crippen LogP contribution in [-0.2, 0) is 14.3 Å². The van der Waals surface area contributed by atoms with E-state index in [0.29, 0.717) is 18.8 Å². The van der Waals surface area contributed by atoms with E-state index in [2.05, 4.69) is 9.72 Å². The van der Waals surface area contributed by atoms with E-state index in [1.54, 1.807) is 24.1 Å². The monoisotopic (exact) mass is 280 g/mol. The molecule has 20 heavy (non-hydrogen) atoms. The van der Waals surface area contributed by atoms with Crippen LogP contribution in [0.1, 0.15) is 22.6 Å². The fourth-order valence-electron chi connectivity index (χ4n) is 1.67. The van der Waals surface area contributed by atoms with Crippen LogP contribution in [0, 0.1) is 6.92 Å². The smallest absolute Gasteiger partial charge is 0.307 e. The Morgan fingerprint density at radius 2 is 2.00 bits per heavy atom. The molecule has 0 bridgehead atoms. The van der Waals surface area contributed by atoms with Gasteiger partial charge in [-0.2, -0.15) is 0 Å². The Kier molecular flexibility index (Phi) is 6.66. The summed E-state index contributed by atoms with van der Waals surface area (Å²) < 4.78 is 9.57. The Hall–Kier alpha value is -1.95. The molecular formula is C14H20N2O4. The average Bonchev–Trinajstić information content (AvgIpc) is 2.46. The fraction of sp³-hybridized carbons (Fsp3) is 0.500. The first kappa shape index (κ1) is 16.1. The zero-order valence-corrected chi connectivity index (χ0v) is 12.1. The maximum absolute atomic E-state index is 12.4. The number of aromatic nitrogens is 1. The number of hydrogen-bond donors (Lipinski definition) is 0. The van der Waals surface area contributed by atoms with Gasteiger partial charge in [-0.15, -0.1) is 0 Å². The van der Waals surface area contributed by atoms with Crippen LogP contribution >= 0.6 is 0 Å². The van der Waals surface area contributed by atoms with Gasteiger partial charge in [0.15, 0.2) is 0 Å². The van der Waals surface area contributed by atoms with Gasteiger partial charge >= 0.3 is 5.97 Å². The van der Waals surface area contributed by atoms with Crippen molar-refractivity contribution in [2.75, 3.05) is 33.9 Å². The van der Waals surface area contributed by atoms with Gasteiger partial charge in [0.25, 0.3) is 5.91 Å². The molecule has 1 aromatic rings. The second-order valence-electron chi connectivity index (χ2n) is 4.28. The number of esters is 1.